The van der Waals surface area contributed by atoms with Crippen LogP contribution < -0.4 is 0 Å². The average Bonchev–Trinajstić information content (AvgIpc) is 3.14. The number of hydrogen-bond donors (Lipinski definition) is 0. The molecule has 0 unspecified atom stereocenters. The van der Waals surface area contributed by atoms with Crippen molar-refractivity contribution >= 4 is 12.0 Å². The van der Waals surface area contributed by atoms with Crippen molar-refractivity contribution in [1.82, 2.24) is 9.78 Å². The Morgan fingerprint density at radius 3 is 2.52 bits per heavy atom. The van der Waals surface area contributed by atoms with Crippen LogP contribution in [0.2, 0.25) is 0 Å². The average molecular weight is 304 g/mol. The summed E-state index contributed by atoms with van der Waals surface area (Å²) >= 11 is 0. The number of hydrogen-bond acceptors (Lipinski definition) is 3. The highest BCUT2D eigenvalue weighted by Crippen LogP contribution is 2.10. The molecule has 0 aliphatic heterocycles. The third-order valence-corrected chi connectivity index (χ3v) is 3.30. The highest BCUT2D eigenvalue weighted by Gasteiger charge is 2.00. The zero-order chi connectivity index (χ0) is 15.9. The van der Waals surface area contributed by atoms with E-state index >= 15 is 0 Å². The summed E-state index contributed by atoms with van der Waals surface area (Å²) in [6.45, 7) is 0.247. The third-order valence-electron chi connectivity index (χ3n) is 3.30. The molecule has 0 bridgehead atoms. The Hall–Kier alpha value is -3.14. The number of ether oxygens (including phenoxy) is 1. The van der Waals surface area contributed by atoms with Crippen molar-refractivity contribution < 1.29 is 9.53 Å². The number of carbonyl (C=O) groups excluding carboxylic acids is 1. The minimum absolute atomic E-state index is 0.247. The monoisotopic (exact) mass is 304 g/mol. The smallest absolute Gasteiger partial charge is 0.331 e. The quantitative estimate of drug-likeness (QED) is 0.534. The van der Waals surface area contributed by atoms with E-state index in [9.17, 15) is 4.79 Å². The van der Waals surface area contributed by atoms with Gasteiger partial charge in [-0.05, 0) is 35.4 Å². The minimum Gasteiger partial charge on any atom is -0.458 e. The van der Waals surface area contributed by atoms with Gasteiger partial charge in [0, 0.05) is 18.5 Å². The molecule has 0 saturated heterocycles. The summed E-state index contributed by atoms with van der Waals surface area (Å²) in [6, 6.07) is 19.2. The second kappa shape index (κ2) is 7.22. The summed E-state index contributed by atoms with van der Waals surface area (Å²) in [4.78, 5) is 11.7. The molecular weight excluding hydrogens is 288 g/mol. The van der Waals surface area contributed by atoms with Crippen molar-refractivity contribution in [3.8, 4) is 5.69 Å². The van der Waals surface area contributed by atoms with Crippen molar-refractivity contribution in [2.75, 3.05) is 0 Å². The molecule has 4 heteroatoms. The first-order valence-electron chi connectivity index (χ1n) is 7.30. The van der Waals surface area contributed by atoms with Gasteiger partial charge in [0.05, 0.1) is 5.69 Å². The number of benzene rings is 2. The van der Waals surface area contributed by atoms with Crippen LogP contribution >= 0.6 is 0 Å². The zero-order valence-electron chi connectivity index (χ0n) is 12.5. The number of nitrogens with zero attached hydrogens (tertiary/aromatic N) is 2. The fraction of sp³-hybridized carbons (Fsp3) is 0.0526. The molecule has 3 rings (SSSR count). The van der Waals surface area contributed by atoms with Crippen LogP contribution in [0, 0.1) is 0 Å². The van der Waals surface area contributed by atoms with Gasteiger partial charge in [-0.15, -0.1) is 0 Å². The lowest BCUT2D eigenvalue weighted by molar-refractivity contribution is -0.138. The number of carbonyl (C=O) groups is 1. The van der Waals surface area contributed by atoms with E-state index < -0.39 is 0 Å². The Bertz CT molecular complexity index is 776. The Morgan fingerprint density at radius 1 is 1.04 bits per heavy atom. The fourth-order valence-electron chi connectivity index (χ4n) is 2.10. The van der Waals surface area contributed by atoms with Gasteiger partial charge in [0.2, 0.25) is 0 Å². The van der Waals surface area contributed by atoms with Gasteiger partial charge < -0.3 is 4.74 Å². The third kappa shape index (κ3) is 4.17. The molecule has 23 heavy (non-hydrogen) atoms. The molecule has 0 amide bonds. The normalized spacial score (nSPS) is 10.8. The van der Waals surface area contributed by atoms with Gasteiger partial charge >= 0.3 is 5.97 Å². The number of esters is 1. The van der Waals surface area contributed by atoms with E-state index in [-0.39, 0.29) is 12.6 Å². The SMILES string of the molecule is O=C(/C=C/c1ccccc1)OCc1ccc(-n2cccn2)cc1. The minimum atomic E-state index is -0.356. The van der Waals surface area contributed by atoms with Crippen LogP contribution in [0.4, 0.5) is 0 Å². The predicted octanol–water partition coefficient (Wildman–Crippen LogP) is 3.63. The van der Waals surface area contributed by atoms with Gasteiger partial charge in [-0.25, -0.2) is 9.48 Å². The molecule has 0 N–H and O–H groups in total. The molecule has 0 aliphatic carbocycles. The highest BCUT2D eigenvalue weighted by molar-refractivity contribution is 5.87. The maximum atomic E-state index is 11.7. The second-order valence-corrected chi connectivity index (χ2v) is 4.97. The lowest BCUT2D eigenvalue weighted by atomic mass is 10.2. The van der Waals surface area contributed by atoms with Gasteiger partial charge in [-0.3, -0.25) is 0 Å². The van der Waals surface area contributed by atoms with Gasteiger partial charge in [-0.1, -0.05) is 42.5 Å². The molecule has 2 aromatic carbocycles. The van der Waals surface area contributed by atoms with Crippen LogP contribution in [0.25, 0.3) is 11.8 Å². The molecule has 1 heterocycles. The topological polar surface area (TPSA) is 44.1 Å². The number of rotatable bonds is 5. The summed E-state index contributed by atoms with van der Waals surface area (Å²) in [5, 5.41) is 4.17. The fourth-order valence-corrected chi connectivity index (χ4v) is 2.10. The first kappa shape index (κ1) is 14.8. The number of aromatic nitrogens is 2. The summed E-state index contributed by atoms with van der Waals surface area (Å²) in [5.41, 5.74) is 2.87. The predicted molar refractivity (Wildman–Crippen MR) is 88.8 cm³/mol. The largest absolute Gasteiger partial charge is 0.458 e. The summed E-state index contributed by atoms with van der Waals surface area (Å²) in [6.07, 6.45) is 6.79. The summed E-state index contributed by atoms with van der Waals surface area (Å²) < 4.78 is 7.01. The van der Waals surface area contributed by atoms with E-state index in [1.807, 2.05) is 66.9 Å². The molecule has 1 aromatic heterocycles. The summed E-state index contributed by atoms with van der Waals surface area (Å²) in [5.74, 6) is -0.356. The van der Waals surface area contributed by atoms with Crippen molar-refractivity contribution in [3.05, 3.63) is 90.3 Å². The molecule has 0 aliphatic rings. The molecular formula is C19H16N2O2. The van der Waals surface area contributed by atoms with Crippen LogP contribution in [-0.4, -0.2) is 15.7 Å². The molecule has 0 radical (unpaired) electrons. The lowest BCUT2D eigenvalue weighted by Gasteiger charge is -2.05. The van der Waals surface area contributed by atoms with Crippen LogP contribution in [0.1, 0.15) is 11.1 Å². The van der Waals surface area contributed by atoms with Gasteiger partial charge in [0.1, 0.15) is 6.61 Å². The van der Waals surface area contributed by atoms with E-state index in [0.29, 0.717) is 0 Å². The van der Waals surface area contributed by atoms with Gasteiger partial charge in [0.25, 0.3) is 0 Å². The molecule has 0 fully saturated rings. The van der Waals surface area contributed by atoms with Crippen molar-refractivity contribution in [1.29, 1.82) is 0 Å². The second-order valence-electron chi connectivity index (χ2n) is 4.97. The maximum Gasteiger partial charge on any atom is 0.331 e. The first-order valence-corrected chi connectivity index (χ1v) is 7.30. The Morgan fingerprint density at radius 2 is 1.83 bits per heavy atom. The molecule has 0 saturated carbocycles. The zero-order valence-corrected chi connectivity index (χ0v) is 12.5. The van der Waals surface area contributed by atoms with Crippen molar-refractivity contribution in [2.24, 2.45) is 0 Å². The Kier molecular flexibility index (Phi) is 4.64. The first-order chi connectivity index (χ1) is 11.3. The molecule has 3 aromatic rings. The molecule has 114 valence electrons. The standard InChI is InChI=1S/C19H16N2O2/c22-19(12-9-16-5-2-1-3-6-16)23-15-17-7-10-18(11-8-17)21-14-4-13-20-21/h1-14H,15H2/b12-9+. The molecule has 0 spiro atoms. The van der Waals surface area contributed by atoms with Gasteiger partial charge in [0.15, 0.2) is 0 Å². The van der Waals surface area contributed by atoms with Crippen molar-refractivity contribution in [2.45, 2.75) is 6.61 Å². The Labute approximate surface area is 134 Å². The Balaban J connectivity index is 1.54. The van der Waals surface area contributed by atoms with E-state index in [4.69, 9.17) is 4.74 Å². The van der Waals surface area contributed by atoms with Crippen LogP contribution in [-0.2, 0) is 16.1 Å². The van der Waals surface area contributed by atoms with Gasteiger partial charge in [-0.2, -0.15) is 5.10 Å². The highest BCUT2D eigenvalue weighted by atomic mass is 16.5. The lowest BCUT2D eigenvalue weighted by Crippen LogP contribution is -2.01. The van der Waals surface area contributed by atoms with Crippen molar-refractivity contribution in [3.63, 3.8) is 0 Å². The van der Waals surface area contributed by atoms with Crippen LogP contribution in [0.5, 0.6) is 0 Å². The summed E-state index contributed by atoms with van der Waals surface area (Å²) in [7, 11) is 0. The maximum absolute atomic E-state index is 11.7. The molecule has 0 atom stereocenters. The van der Waals surface area contributed by atoms with E-state index in [2.05, 4.69) is 5.10 Å². The van der Waals surface area contributed by atoms with Crippen LogP contribution in [0.15, 0.2) is 79.1 Å². The van der Waals surface area contributed by atoms with Crippen LogP contribution in [0.3, 0.4) is 0 Å². The molecule has 4 nitrogen and oxygen atoms in total. The van der Waals surface area contributed by atoms with E-state index in [1.165, 1.54) is 6.08 Å². The van der Waals surface area contributed by atoms with E-state index in [1.54, 1.807) is 17.0 Å². The van der Waals surface area contributed by atoms with E-state index in [0.717, 1.165) is 16.8 Å².